The lowest BCUT2D eigenvalue weighted by atomic mass is 10.3. The number of H-pyrrole nitrogens is 1. The number of halogens is 1. The van der Waals surface area contributed by atoms with E-state index in [9.17, 15) is 14.7 Å². The molecule has 0 spiro atoms. The van der Waals surface area contributed by atoms with Crippen molar-refractivity contribution < 1.29 is 24.0 Å². The second-order valence-corrected chi connectivity index (χ2v) is 4.85. The number of nitrogens with one attached hydrogen (secondary N) is 1. The van der Waals surface area contributed by atoms with Gasteiger partial charge in [0, 0.05) is 22.8 Å². The summed E-state index contributed by atoms with van der Waals surface area (Å²) < 4.78 is 7.26. The van der Waals surface area contributed by atoms with Crippen LogP contribution in [0.5, 0.6) is 0 Å². The molecule has 0 radical (unpaired) electrons. The van der Waals surface area contributed by atoms with Gasteiger partial charge in [0.25, 0.3) is 0 Å². The molecular formula is C13H11BrN2O4. The number of hydrogen-bond acceptors (Lipinski definition) is 4. The van der Waals surface area contributed by atoms with Gasteiger partial charge in [-0.3, -0.25) is 0 Å². The average molecular weight is 339 g/mol. The molecule has 20 heavy (non-hydrogen) atoms. The van der Waals surface area contributed by atoms with Crippen molar-refractivity contribution in [1.82, 2.24) is 4.98 Å². The molecule has 0 saturated heterocycles. The fourth-order valence-corrected chi connectivity index (χ4v) is 2.00. The third kappa shape index (κ3) is 3.45. The Morgan fingerprint density at radius 3 is 2.85 bits per heavy atom. The first-order valence-electron chi connectivity index (χ1n) is 5.79. The Morgan fingerprint density at radius 2 is 2.20 bits per heavy atom. The van der Waals surface area contributed by atoms with Gasteiger partial charge in [0.15, 0.2) is 19.3 Å². The maximum absolute atomic E-state index is 11.7. The number of aromatic amines is 1. The van der Waals surface area contributed by atoms with Gasteiger partial charge in [-0.2, -0.15) is 4.57 Å². The van der Waals surface area contributed by atoms with Gasteiger partial charge in [-0.25, -0.2) is 4.79 Å². The number of aromatic nitrogens is 2. The molecule has 0 aliphatic heterocycles. The van der Waals surface area contributed by atoms with Crippen molar-refractivity contribution in [3.63, 3.8) is 0 Å². The van der Waals surface area contributed by atoms with Crippen molar-refractivity contribution in [3.8, 4) is 0 Å². The highest BCUT2D eigenvalue weighted by Gasteiger charge is 2.13. The molecule has 104 valence electrons. The fourth-order valence-electron chi connectivity index (χ4n) is 1.66. The van der Waals surface area contributed by atoms with Crippen LogP contribution in [-0.4, -0.2) is 23.5 Å². The minimum absolute atomic E-state index is 0.0335. The van der Waals surface area contributed by atoms with E-state index in [0.29, 0.717) is 5.69 Å². The van der Waals surface area contributed by atoms with E-state index in [1.54, 1.807) is 30.6 Å². The molecule has 0 saturated carbocycles. The third-order valence-corrected chi connectivity index (χ3v) is 3.04. The molecule has 0 amide bonds. The van der Waals surface area contributed by atoms with Gasteiger partial charge in [0.05, 0.1) is 0 Å². The van der Waals surface area contributed by atoms with Crippen LogP contribution in [0, 0.1) is 0 Å². The number of esters is 1. The molecule has 0 fully saturated rings. The first kappa shape index (κ1) is 14.3. The van der Waals surface area contributed by atoms with Crippen LogP contribution in [0.4, 0.5) is 0 Å². The van der Waals surface area contributed by atoms with E-state index in [2.05, 4.69) is 20.9 Å². The number of aromatic carboxylic acids is 1. The first-order chi connectivity index (χ1) is 9.58. The molecule has 0 atom stereocenters. The molecule has 0 aliphatic rings. The zero-order valence-corrected chi connectivity index (χ0v) is 11.9. The summed E-state index contributed by atoms with van der Waals surface area (Å²) in [4.78, 5) is 25.3. The number of carbonyl (C=O) groups is 2. The van der Waals surface area contributed by atoms with Crippen molar-refractivity contribution in [2.24, 2.45) is 0 Å². The van der Waals surface area contributed by atoms with E-state index in [-0.39, 0.29) is 18.8 Å². The topological polar surface area (TPSA) is 86.1 Å². The number of rotatable bonds is 5. The van der Waals surface area contributed by atoms with Gasteiger partial charge in [0.1, 0.15) is 11.7 Å². The second kappa shape index (κ2) is 6.33. The summed E-state index contributed by atoms with van der Waals surface area (Å²) in [5, 5.41) is 10.9. The number of carboxylic acids is 1. The van der Waals surface area contributed by atoms with Crippen molar-refractivity contribution in [2.45, 2.75) is 6.54 Å². The smallest absolute Gasteiger partial charge is 0.355 e. The summed E-state index contributed by atoms with van der Waals surface area (Å²) in [6.45, 7) is 0.294. The van der Waals surface area contributed by atoms with Crippen molar-refractivity contribution >= 4 is 27.9 Å². The van der Waals surface area contributed by atoms with Crippen LogP contribution in [0.3, 0.4) is 0 Å². The lowest BCUT2D eigenvalue weighted by molar-refractivity contribution is -0.701. The molecule has 2 heterocycles. The molecule has 2 aromatic heterocycles. The Hall–Kier alpha value is -2.15. The number of ether oxygens (including phenoxy) is 1. The molecule has 7 heteroatoms. The van der Waals surface area contributed by atoms with Crippen LogP contribution in [-0.2, 0) is 11.3 Å². The monoisotopic (exact) mass is 338 g/mol. The molecule has 2 rings (SSSR count). The highest BCUT2D eigenvalue weighted by Crippen LogP contribution is 2.11. The Morgan fingerprint density at radius 1 is 1.40 bits per heavy atom. The van der Waals surface area contributed by atoms with Gasteiger partial charge in [-0.15, -0.1) is 0 Å². The van der Waals surface area contributed by atoms with Crippen molar-refractivity contribution in [1.29, 1.82) is 0 Å². The Bertz CT molecular complexity index is 639. The first-order valence-corrected chi connectivity index (χ1v) is 6.58. The van der Waals surface area contributed by atoms with E-state index in [1.807, 2.05) is 0 Å². The summed E-state index contributed by atoms with van der Waals surface area (Å²) in [7, 11) is 0. The van der Waals surface area contributed by atoms with Crippen LogP contribution < -0.4 is 9.67 Å². The van der Waals surface area contributed by atoms with Crippen molar-refractivity contribution in [3.05, 3.63) is 52.5 Å². The van der Waals surface area contributed by atoms with E-state index < -0.39 is 11.9 Å². The summed E-state index contributed by atoms with van der Waals surface area (Å²) in [6.07, 6.45) is 3.21. The summed E-state index contributed by atoms with van der Waals surface area (Å²) in [5.41, 5.74) is 0.362. The lowest BCUT2D eigenvalue weighted by Gasteiger charge is -2.05. The number of pyridine rings is 1. The van der Waals surface area contributed by atoms with Crippen LogP contribution in [0.2, 0.25) is 0 Å². The number of carbonyl (C=O) groups excluding carboxylic acids is 2. The maximum Gasteiger partial charge on any atom is 0.355 e. The Labute approximate surface area is 123 Å². The average Bonchev–Trinajstić information content (AvgIpc) is 2.86. The number of nitrogens with zero attached hydrogens (tertiary/aromatic N) is 1. The SMILES string of the molecule is O=C(OCC[n+]1ccccc1C(=O)[O-])c1cc(Br)c[nH]1. The van der Waals surface area contributed by atoms with E-state index in [0.717, 1.165) is 4.47 Å². The summed E-state index contributed by atoms with van der Waals surface area (Å²) in [5.74, 6) is -1.77. The van der Waals surface area contributed by atoms with Gasteiger partial charge in [-0.05, 0) is 28.1 Å². The largest absolute Gasteiger partial charge is 0.539 e. The van der Waals surface area contributed by atoms with E-state index >= 15 is 0 Å². The van der Waals surface area contributed by atoms with Gasteiger partial charge in [0.2, 0.25) is 5.69 Å². The zero-order chi connectivity index (χ0) is 14.5. The lowest BCUT2D eigenvalue weighted by Crippen LogP contribution is -2.45. The van der Waals surface area contributed by atoms with E-state index in [1.165, 1.54) is 10.6 Å². The molecule has 0 bridgehead atoms. The van der Waals surface area contributed by atoms with Gasteiger partial charge < -0.3 is 19.6 Å². The highest BCUT2D eigenvalue weighted by molar-refractivity contribution is 9.10. The molecular weight excluding hydrogens is 328 g/mol. The Kier molecular flexibility index (Phi) is 4.52. The van der Waals surface area contributed by atoms with Crippen LogP contribution in [0.1, 0.15) is 21.0 Å². The minimum atomic E-state index is -1.27. The van der Waals surface area contributed by atoms with Crippen LogP contribution in [0.15, 0.2) is 41.1 Å². The zero-order valence-electron chi connectivity index (χ0n) is 10.3. The number of hydrogen-bond donors (Lipinski definition) is 1. The molecule has 2 aromatic rings. The molecule has 0 aliphatic carbocycles. The standard InChI is InChI=1S/C13H11BrN2O4/c14-9-7-10(15-8-9)13(19)20-6-5-16-4-2-1-3-11(16)12(17)18/h1-4,7-8H,5-6H2,(H-,15,17,18,19). The molecule has 6 nitrogen and oxygen atoms in total. The quantitative estimate of drug-likeness (QED) is 0.627. The highest BCUT2D eigenvalue weighted by atomic mass is 79.9. The van der Waals surface area contributed by atoms with E-state index in [4.69, 9.17) is 4.74 Å². The summed E-state index contributed by atoms with van der Waals surface area (Å²) in [6, 6.07) is 6.32. The van der Waals surface area contributed by atoms with Crippen molar-refractivity contribution in [2.75, 3.05) is 6.61 Å². The van der Waals surface area contributed by atoms with Gasteiger partial charge in [-0.1, -0.05) is 0 Å². The van der Waals surface area contributed by atoms with Gasteiger partial charge >= 0.3 is 5.97 Å². The predicted molar refractivity (Wildman–Crippen MR) is 69.7 cm³/mol. The summed E-state index contributed by atoms with van der Waals surface area (Å²) >= 11 is 3.22. The predicted octanol–water partition coefficient (Wildman–Crippen LogP) is 0.285. The fraction of sp³-hybridized carbons (Fsp3) is 0.154. The third-order valence-electron chi connectivity index (χ3n) is 2.58. The molecule has 0 aromatic carbocycles. The Balaban J connectivity index is 1.93. The second-order valence-electron chi connectivity index (χ2n) is 3.93. The van der Waals surface area contributed by atoms with Crippen LogP contribution in [0.25, 0.3) is 0 Å². The number of carboxylic acid groups (broad SMARTS) is 1. The maximum atomic E-state index is 11.7. The molecule has 0 unspecified atom stereocenters. The molecule has 1 N–H and O–H groups in total. The van der Waals surface area contributed by atoms with Crippen LogP contribution >= 0.6 is 15.9 Å². The minimum Gasteiger partial charge on any atom is -0.539 e. The normalized spacial score (nSPS) is 10.2.